The molecule has 1 aromatic rings. The van der Waals surface area contributed by atoms with Crippen LogP contribution in [0.15, 0.2) is 23.2 Å². The van der Waals surface area contributed by atoms with Crippen LogP contribution in [-0.4, -0.2) is 18.9 Å². The maximum absolute atomic E-state index is 9.35. The van der Waals surface area contributed by atoms with Crippen molar-refractivity contribution in [3.8, 4) is 6.19 Å². The molecule has 1 aromatic carbocycles. The Morgan fingerprint density at radius 1 is 1.20 bits per heavy atom. The molecule has 25 heavy (non-hydrogen) atoms. The fourth-order valence-corrected chi connectivity index (χ4v) is 4.68. The topological polar surface area (TPSA) is 45.4 Å². The van der Waals surface area contributed by atoms with E-state index in [9.17, 15) is 5.26 Å². The Balaban J connectivity index is 1.94. The van der Waals surface area contributed by atoms with Gasteiger partial charge in [-0.2, -0.15) is 10.3 Å². The van der Waals surface area contributed by atoms with Crippen LogP contribution in [0.1, 0.15) is 80.9 Å². The Morgan fingerprint density at radius 2 is 1.88 bits per heavy atom. The summed E-state index contributed by atoms with van der Waals surface area (Å²) in [4.78, 5) is 4.35. The lowest BCUT2D eigenvalue weighted by Crippen LogP contribution is -2.36. The highest BCUT2D eigenvalue weighted by Crippen LogP contribution is 2.42. The summed E-state index contributed by atoms with van der Waals surface area (Å²) in [5.41, 5.74) is 4.79. The van der Waals surface area contributed by atoms with Crippen LogP contribution in [0.4, 0.5) is 0 Å². The molecule has 3 rings (SSSR count). The molecule has 0 radical (unpaired) electrons. The molecule has 2 aliphatic rings. The van der Waals surface area contributed by atoms with Crippen molar-refractivity contribution in [2.24, 2.45) is 10.4 Å². The maximum atomic E-state index is 9.35. The number of aliphatic imine (C=N–C) groups is 1. The predicted octanol–water partition coefficient (Wildman–Crippen LogP) is 5.52. The van der Waals surface area contributed by atoms with E-state index in [-0.39, 0.29) is 5.41 Å². The normalized spacial score (nSPS) is 28.1. The first-order valence-electron chi connectivity index (χ1n) is 9.68. The van der Waals surface area contributed by atoms with E-state index in [4.69, 9.17) is 4.74 Å². The van der Waals surface area contributed by atoms with Gasteiger partial charge < -0.3 is 4.74 Å². The number of rotatable bonds is 4. The van der Waals surface area contributed by atoms with Crippen molar-refractivity contribution in [2.45, 2.75) is 77.2 Å². The van der Waals surface area contributed by atoms with Crippen LogP contribution in [-0.2, 0) is 4.74 Å². The van der Waals surface area contributed by atoms with E-state index in [2.05, 4.69) is 43.2 Å². The lowest BCUT2D eigenvalue weighted by atomic mass is 9.69. The van der Waals surface area contributed by atoms with Crippen LogP contribution >= 0.6 is 0 Å². The van der Waals surface area contributed by atoms with E-state index < -0.39 is 0 Å². The third-order valence-corrected chi connectivity index (χ3v) is 6.45. The van der Waals surface area contributed by atoms with Gasteiger partial charge >= 0.3 is 0 Å². The first kappa shape index (κ1) is 18.1. The van der Waals surface area contributed by atoms with E-state index in [0.29, 0.717) is 12.0 Å². The molecule has 0 N–H and O–H groups in total. The summed E-state index contributed by atoms with van der Waals surface area (Å²) in [6.07, 6.45) is 11.8. The zero-order valence-electron chi connectivity index (χ0n) is 15.8. The average Bonchev–Trinajstić information content (AvgIpc) is 3.16. The van der Waals surface area contributed by atoms with Crippen molar-refractivity contribution < 1.29 is 4.74 Å². The van der Waals surface area contributed by atoms with Gasteiger partial charge in [0.2, 0.25) is 6.19 Å². The number of benzene rings is 1. The number of methoxy groups -OCH3 is 1. The van der Waals surface area contributed by atoms with Crippen LogP contribution in [0.5, 0.6) is 0 Å². The van der Waals surface area contributed by atoms with Gasteiger partial charge in [0.05, 0.1) is 11.8 Å². The summed E-state index contributed by atoms with van der Waals surface area (Å²) >= 11 is 0. The highest BCUT2D eigenvalue weighted by molar-refractivity contribution is 6.06. The molecule has 0 bridgehead atoms. The monoisotopic (exact) mass is 338 g/mol. The maximum Gasteiger partial charge on any atom is 0.205 e. The van der Waals surface area contributed by atoms with Gasteiger partial charge in [-0.15, -0.1) is 0 Å². The molecular weight excluding hydrogens is 308 g/mol. The summed E-state index contributed by atoms with van der Waals surface area (Å²) in [5, 5.41) is 9.35. The van der Waals surface area contributed by atoms with Gasteiger partial charge in [-0.3, -0.25) is 0 Å². The number of aryl methyl sites for hydroxylation is 1. The number of nitrogens with zero attached hydrogens (tertiary/aromatic N) is 2. The first-order chi connectivity index (χ1) is 12.1. The Morgan fingerprint density at radius 3 is 2.48 bits per heavy atom. The third kappa shape index (κ3) is 3.80. The van der Waals surface area contributed by atoms with E-state index in [1.807, 2.05) is 0 Å². The molecule has 0 amide bonds. The molecule has 2 saturated carbocycles. The minimum Gasteiger partial charge on any atom is -0.381 e. The Kier molecular flexibility index (Phi) is 5.59. The molecular formula is C22H30N2O. The molecule has 0 unspecified atom stereocenters. The molecule has 3 nitrogen and oxygen atoms in total. The minimum absolute atomic E-state index is 0.0379. The molecule has 0 saturated heterocycles. The third-order valence-electron chi connectivity index (χ3n) is 6.45. The van der Waals surface area contributed by atoms with Crippen LogP contribution in [0.3, 0.4) is 0 Å². The second kappa shape index (κ2) is 7.70. The number of ether oxygens (including phenoxy) is 1. The largest absolute Gasteiger partial charge is 0.381 e. The van der Waals surface area contributed by atoms with Gasteiger partial charge in [0, 0.05) is 18.1 Å². The van der Waals surface area contributed by atoms with Gasteiger partial charge in [0.25, 0.3) is 0 Å². The van der Waals surface area contributed by atoms with Gasteiger partial charge in [-0.25, -0.2) is 0 Å². The smallest absolute Gasteiger partial charge is 0.205 e. The Bertz CT molecular complexity index is 672. The van der Waals surface area contributed by atoms with Gasteiger partial charge in [-0.1, -0.05) is 31.9 Å². The van der Waals surface area contributed by atoms with Crippen molar-refractivity contribution in [1.82, 2.24) is 0 Å². The van der Waals surface area contributed by atoms with Crippen molar-refractivity contribution in [1.29, 1.82) is 5.26 Å². The van der Waals surface area contributed by atoms with Gasteiger partial charge in [-0.05, 0) is 68.6 Å². The summed E-state index contributed by atoms with van der Waals surface area (Å²) < 4.78 is 5.54. The highest BCUT2D eigenvalue weighted by Gasteiger charge is 2.37. The lowest BCUT2D eigenvalue weighted by molar-refractivity contribution is 0.0495. The SMILES string of the molecule is CO[C@H]1CC[C@](C)(/C(=N/C#N)c2cc(C3CCCC3)ccc2C)CC1. The predicted molar refractivity (Wildman–Crippen MR) is 102 cm³/mol. The minimum atomic E-state index is -0.0379. The molecule has 0 aliphatic heterocycles. The number of hydrogen-bond acceptors (Lipinski definition) is 3. The van der Waals surface area contributed by atoms with E-state index in [0.717, 1.165) is 31.4 Å². The summed E-state index contributed by atoms with van der Waals surface area (Å²) in [5.74, 6) is 0.680. The van der Waals surface area contributed by atoms with Gasteiger partial charge in [0.1, 0.15) is 0 Å². The zero-order chi connectivity index (χ0) is 17.9. The highest BCUT2D eigenvalue weighted by atomic mass is 16.5. The quantitative estimate of drug-likeness (QED) is 0.536. The van der Waals surface area contributed by atoms with Crippen molar-refractivity contribution >= 4 is 5.71 Å². The van der Waals surface area contributed by atoms with E-state index >= 15 is 0 Å². The molecule has 0 spiro atoms. The fraction of sp³-hybridized carbons (Fsp3) is 0.636. The molecule has 0 aromatic heterocycles. The Labute approximate surface area is 152 Å². The summed E-state index contributed by atoms with van der Waals surface area (Å²) in [7, 11) is 1.80. The van der Waals surface area contributed by atoms with Crippen LogP contribution in [0.2, 0.25) is 0 Å². The van der Waals surface area contributed by atoms with Crippen molar-refractivity contribution in [2.75, 3.05) is 7.11 Å². The molecule has 134 valence electrons. The average molecular weight is 338 g/mol. The fourth-order valence-electron chi connectivity index (χ4n) is 4.68. The van der Waals surface area contributed by atoms with Crippen LogP contribution in [0, 0.1) is 23.8 Å². The van der Waals surface area contributed by atoms with Crippen molar-refractivity contribution in [3.05, 3.63) is 34.9 Å². The first-order valence-corrected chi connectivity index (χ1v) is 9.68. The van der Waals surface area contributed by atoms with Crippen LogP contribution in [0.25, 0.3) is 0 Å². The molecule has 2 fully saturated rings. The van der Waals surface area contributed by atoms with E-state index in [1.165, 1.54) is 42.4 Å². The van der Waals surface area contributed by atoms with Gasteiger partial charge in [0.15, 0.2) is 0 Å². The Hall–Kier alpha value is -1.66. The summed E-state index contributed by atoms with van der Waals surface area (Å²) in [6.45, 7) is 4.42. The number of nitriles is 1. The van der Waals surface area contributed by atoms with Crippen molar-refractivity contribution in [3.63, 3.8) is 0 Å². The standard InChI is InChI=1S/C22H30N2O/c1-16-8-9-18(17-6-4-5-7-17)14-20(16)21(24-15-23)22(2)12-10-19(25-3)11-13-22/h8-9,14,17,19H,4-7,10-13H2,1-3H3/b24-21+/t19-,22-. The van der Waals surface area contributed by atoms with E-state index in [1.54, 1.807) is 7.11 Å². The molecule has 0 atom stereocenters. The molecule has 0 heterocycles. The second-order valence-electron chi connectivity index (χ2n) is 8.11. The second-order valence-corrected chi connectivity index (χ2v) is 8.11. The zero-order valence-corrected chi connectivity index (χ0v) is 15.8. The summed E-state index contributed by atoms with van der Waals surface area (Å²) in [6, 6.07) is 6.83. The molecule has 2 aliphatic carbocycles. The lowest BCUT2D eigenvalue weighted by Gasteiger charge is -2.38. The van der Waals surface area contributed by atoms with Crippen LogP contribution < -0.4 is 0 Å². The number of hydrogen-bond donors (Lipinski definition) is 0. The molecule has 3 heteroatoms.